The molecule has 0 spiro atoms. The molecular formula is C15H13FO3. The molecule has 3 nitrogen and oxygen atoms in total. The van der Waals surface area contributed by atoms with Gasteiger partial charge >= 0.3 is 5.97 Å². The summed E-state index contributed by atoms with van der Waals surface area (Å²) < 4.78 is 23.8. The maximum atomic E-state index is 13.7. The molecule has 0 aromatic heterocycles. The first-order valence-corrected chi connectivity index (χ1v) is 5.80. The molecular weight excluding hydrogens is 247 g/mol. The first-order chi connectivity index (χ1) is 9.15. The Morgan fingerprint density at radius 1 is 1.16 bits per heavy atom. The average molecular weight is 260 g/mol. The molecule has 0 fully saturated rings. The summed E-state index contributed by atoms with van der Waals surface area (Å²) in [6, 6.07) is 13.5. The van der Waals surface area contributed by atoms with Gasteiger partial charge in [-0.05, 0) is 17.7 Å². The van der Waals surface area contributed by atoms with E-state index in [2.05, 4.69) is 0 Å². The molecule has 0 aliphatic rings. The molecule has 19 heavy (non-hydrogen) atoms. The SMILES string of the molecule is CC(=O)Oc1ccc(OCc2ccccc2)c(F)c1. The van der Waals surface area contributed by atoms with E-state index in [-0.39, 0.29) is 18.1 Å². The number of ether oxygens (including phenoxy) is 2. The minimum Gasteiger partial charge on any atom is -0.486 e. The Morgan fingerprint density at radius 2 is 1.89 bits per heavy atom. The highest BCUT2D eigenvalue weighted by Crippen LogP contribution is 2.23. The fourth-order valence-electron chi connectivity index (χ4n) is 1.56. The van der Waals surface area contributed by atoms with Gasteiger partial charge in [0.05, 0.1) is 0 Å². The Balaban J connectivity index is 2.03. The van der Waals surface area contributed by atoms with E-state index in [0.29, 0.717) is 0 Å². The monoisotopic (exact) mass is 260 g/mol. The molecule has 2 aromatic rings. The lowest BCUT2D eigenvalue weighted by molar-refractivity contribution is -0.131. The second-order valence-corrected chi connectivity index (χ2v) is 3.96. The molecule has 0 amide bonds. The highest BCUT2D eigenvalue weighted by atomic mass is 19.1. The lowest BCUT2D eigenvalue weighted by Gasteiger charge is -2.08. The number of carbonyl (C=O) groups is 1. The molecule has 0 atom stereocenters. The van der Waals surface area contributed by atoms with Gasteiger partial charge in [0, 0.05) is 13.0 Å². The maximum Gasteiger partial charge on any atom is 0.308 e. The predicted octanol–water partition coefficient (Wildman–Crippen LogP) is 3.33. The van der Waals surface area contributed by atoms with Gasteiger partial charge in [0.25, 0.3) is 0 Å². The van der Waals surface area contributed by atoms with Gasteiger partial charge in [-0.2, -0.15) is 0 Å². The van der Waals surface area contributed by atoms with Crippen LogP contribution in [0.5, 0.6) is 11.5 Å². The van der Waals surface area contributed by atoms with E-state index in [0.717, 1.165) is 11.6 Å². The first-order valence-electron chi connectivity index (χ1n) is 5.80. The molecule has 4 heteroatoms. The third-order valence-corrected chi connectivity index (χ3v) is 2.40. The van der Waals surface area contributed by atoms with Crippen LogP contribution in [0.4, 0.5) is 4.39 Å². The average Bonchev–Trinajstić information content (AvgIpc) is 2.38. The van der Waals surface area contributed by atoms with Crippen LogP contribution >= 0.6 is 0 Å². The van der Waals surface area contributed by atoms with E-state index >= 15 is 0 Å². The molecule has 0 saturated heterocycles. The van der Waals surface area contributed by atoms with Crippen molar-refractivity contribution in [2.24, 2.45) is 0 Å². The highest BCUT2D eigenvalue weighted by molar-refractivity contribution is 5.69. The Labute approximate surface area is 110 Å². The van der Waals surface area contributed by atoms with E-state index in [1.165, 1.54) is 19.1 Å². The summed E-state index contributed by atoms with van der Waals surface area (Å²) in [5.41, 5.74) is 0.950. The lowest BCUT2D eigenvalue weighted by atomic mass is 10.2. The largest absolute Gasteiger partial charge is 0.486 e. The molecule has 0 heterocycles. The van der Waals surface area contributed by atoms with E-state index < -0.39 is 11.8 Å². The number of benzene rings is 2. The zero-order valence-corrected chi connectivity index (χ0v) is 10.4. The topological polar surface area (TPSA) is 35.5 Å². The molecule has 0 unspecified atom stereocenters. The third-order valence-electron chi connectivity index (χ3n) is 2.40. The van der Waals surface area contributed by atoms with E-state index in [9.17, 15) is 9.18 Å². The van der Waals surface area contributed by atoms with Crippen LogP contribution in [0.1, 0.15) is 12.5 Å². The molecule has 98 valence electrons. The van der Waals surface area contributed by atoms with Crippen molar-refractivity contribution in [3.05, 3.63) is 59.9 Å². The molecule has 2 aromatic carbocycles. The number of carbonyl (C=O) groups excluding carboxylic acids is 1. The summed E-state index contributed by atoms with van der Waals surface area (Å²) in [5.74, 6) is -0.760. The number of rotatable bonds is 4. The fourth-order valence-corrected chi connectivity index (χ4v) is 1.56. The number of hydrogen-bond donors (Lipinski definition) is 0. The van der Waals surface area contributed by atoms with Crippen molar-refractivity contribution in [3.63, 3.8) is 0 Å². The molecule has 0 aliphatic heterocycles. The van der Waals surface area contributed by atoms with Crippen LogP contribution in [-0.2, 0) is 11.4 Å². The van der Waals surface area contributed by atoms with Gasteiger partial charge in [-0.15, -0.1) is 0 Å². The minimum atomic E-state index is -0.560. The molecule has 0 bridgehead atoms. The van der Waals surface area contributed by atoms with Gasteiger partial charge in [-0.1, -0.05) is 30.3 Å². The number of esters is 1. The van der Waals surface area contributed by atoms with Gasteiger partial charge in [-0.25, -0.2) is 4.39 Å². The van der Waals surface area contributed by atoms with Crippen molar-refractivity contribution in [3.8, 4) is 11.5 Å². The van der Waals surface area contributed by atoms with Gasteiger partial charge in [0.2, 0.25) is 0 Å². The maximum absolute atomic E-state index is 13.7. The first kappa shape index (κ1) is 13.1. The van der Waals surface area contributed by atoms with Gasteiger partial charge in [0.15, 0.2) is 11.6 Å². The summed E-state index contributed by atoms with van der Waals surface area (Å²) in [4.78, 5) is 10.7. The van der Waals surface area contributed by atoms with E-state index in [4.69, 9.17) is 9.47 Å². The minimum absolute atomic E-state index is 0.125. The van der Waals surface area contributed by atoms with Crippen molar-refractivity contribution in [2.45, 2.75) is 13.5 Å². The zero-order chi connectivity index (χ0) is 13.7. The van der Waals surface area contributed by atoms with E-state index in [1.54, 1.807) is 0 Å². The van der Waals surface area contributed by atoms with Gasteiger partial charge in [0.1, 0.15) is 12.4 Å². The summed E-state index contributed by atoms with van der Waals surface area (Å²) >= 11 is 0. The second kappa shape index (κ2) is 6.00. The van der Waals surface area contributed by atoms with Crippen LogP contribution in [0.2, 0.25) is 0 Å². The standard InChI is InChI=1S/C15H13FO3/c1-11(17)19-13-7-8-15(14(16)9-13)18-10-12-5-3-2-4-6-12/h2-9H,10H2,1H3. The summed E-state index contributed by atoms with van der Waals surface area (Å²) in [5, 5.41) is 0. The predicted molar refractivity (Wildman–Crippen MR) is 68.5 cm³/mol. The van der Waals surface area contributed by atoms with Crippen LogP contribution in [0.15, 0.2) is 48.5 Å². The van der Waals surface area contributed by atoms with Crippen molar-refractivity contribution in [2.75, 3.05) is 0 Å². The Kier molecular flexibility index (Phi) is 4.13. The Bertz CT molecular complexity index is 567. The third kappa shape index (κ3) is 3.81. The van der Waals surface area contributed by atoms with Crippen LogP contribution in [0.3, 0.4) is 0 Å². The molecule has 2 rings (SSSR count). The number of hydrogen-bond acceptors (Lipinski definition) is 3. The molecule has 0 aliphatic carbocycles. The highest BCUT2D eigenvalue weighted by Gasteiger charge is 2.07. The van der Waals surface area contributed by atoms with Crippen molar-refractivity contribution in [1.29, 1.82) is 0 Å². The van der Waals surface area contributed by atoms with Crippen molar-refractivity contribution < 1.29 is 18.7 Å². The number of halogens is 1. The smallest absolute Gasteiger partial charge is 0.308 e. The quantitative estimate of drug-likeness (QED) is 0.625. The summed E-state index contributed by atoms with van der Waals surface area (Å²) in [6.45, 7) is 1.54. The fraction of sp³-hybridized carbons (Fsp3) is 0.133. The van der Waals surface area contributed by atoms with Crippen LogP contribution in [0, 0.1) is 5.82 Å². The lowest BCUT2D eigenvalue weighted by Crippen LogP contribution is -2.02. The Morgan fingerprint density at radius 3 is 2.53 bits per heavy atom. The summed E-state index contributed by atoms with van der Waals surface area (Å²) in [7, 11) is 0. The van der Waals surface area contributed by atoms with Crippen LogP contribution < -0.4 is 9.47 Å². The second-order valence-electron chi connectivity index (χ2n) is 3.96. The van der Waals surface area contributed by atoms with Crippen molar-refractivity contribution in [1.82, 2.24) is 0 Å². The normalized spacial score (nSPS) is 10.0. The molecule has 0 radical (unpaired) electrons. The van der Waals surface area contributed by atoms with Crippen LogP contribution in [-0.4, -0.2) is 5.97 Å². The molecule has 0 saturated carbocycles. The zero-order valence-electron chi connectivity index (χ0n) is 10.4. The van der Waals surface area contributed by atoms with Crippen molar-refractivity contribution >= 4 is 5.97 Å². The van der Waals surface area contributed by atoms with Gasteiger partial charge in [-0.3, -0.25) is 4.79 Å². The van der Waals surface area contributed by atoms with Crippen LogP contribution in [0.25, 0.3) is 0 Å². The molecule has 0 N–H and O–H groups in total. The summed E-state index contributed by atoms with van der Waals surface area (Å²) in [6.07, 6.45) is 0. The van der Waals surface area contributed by atoms with E-state index in [1.807, 2.05) is 30.3 Å². The Hall–Kier alpha value is -2.36. The van der Waals surface area contributed by atoms with Gasteiger partial charge < -0.3 is 9.47 Å².